The molecule has 0 aromatic heterocycles. The van der Waals surface area contributed by atoms with Crippen molar-refractivity contribution < 1.29 is 19.7 Å². The molecule has 5 nitrogen and oxygen atoms in total. The quantitative estimate of drug-likeness (QED) is 0.813. The zero-order valence-corrected chi connectivity index (χ0v) is 12.0. The van der Waals surface area contributed by atoms with Gasteiger partial charge in [-0.05, 0) is 24.3 Å². The predicted molar refractivity (Wildman–Crippen MR) is 76.2 cm³/mol. The molecule has 2 N–H and O–H groups in total. The largest absolute Gasteiger partial charge is 0.491 e. The van der Waals surface area contributed by atoms with E-state index >= 15 is 0 Å². The summed E-state index contributed by atoms with van der Waals surface area (Å²) < 4.78 is 10.8. The topological polar surface area (TPSA) is 62.2 Å². The van der Waals surface area contributed by atoms with Crippen molar-refractivity contribution in [1.82, 2.24) is 4.90 Å². The standard InChI is InChI=1S/C14H20ClNO4/c15-11-1-3-14(4-2-11)20-10-13(18)7-16-5-6-19-9-12(16)8-17/h1-4,12-13,17-18H,5-10H2. The van der Waals surface area contributed by atoms with Crippen LogP contribution in [0.1, 0.15) is 0 Å². The first-order valence-electron chi connectivity index (χ1n) is 6.68. The monoisotopic (exact) mass is 301 g/mol. The third kappa shape index (κ3) is 4.61. The van der Waals surface area contributed by atoms with Gasteiger partial charge in [0.2, 0.25) is 0 Å². The molecule has 2 rings (SSSR count). The van der Waals surface area contributed by atoms with Crippen LogP contribution in [0.25, 0.3) is 0 Å². The first kappa shape index (κ1) is 15.5. The smallest absolute Gasteiger partial charge is 0.119 e. The number of β-amino-alcohol motifs (C(OH)–C–C–N with tert-alkyl or cyclic N) is 1. The minimum atomic E-state index is -0.613. The number of benzene rings is 1. The lowest BCUT2D eigenvalue weighted by molar-refractivity contribution is -0.0480. The van der Waals surface area contributed by atoms with Crippen molar-refractivity contribution in [3.8, 4) is 5.75 Å². The van der Waals surface area contributed by atoms with Crippen LogP contribution < -0.4 is 4.74 Å². The molecule has 112 valence electrons. The van der Waals surface area contributed by atoms with Gasteiger partial charge < -0.3 is 19.7 Å². The second kappa shape index (κ2) is 7.81. The molecule has 0 saturated carbocycles. The Morgan fingerprint density at radius 3 is 2.85 bits per heavy atom. The first-order valence-corrected chi connectivity index (χ1v) is 7.06. The van der Waals surface area contributed by atoms with Gasteiger partial charge in [0.15, 0.2) is 0 Å². The zero-order chi connectivity index (χ0) is 14.4. The number of rotatable bonds is 6. The highest BCUT2D eigenvalue weighted by atomic mass is 35.5. The maximum atomic E-state index is 10.0. The van der Waals surface area contributed by atoms with Crippen LogP contribution in [0, 0.1) is 0 Å². The van der Waals surface area contributed by atoms with E-state index < -0.39 is 6.10 Å². The van der Waals surface area contributed by atoms with Crippen molar-refractivity contribution in [3.05, 3.63) is 29.3 Å². The van der Waals surface area contributed by atoms with E-state index in [9.17, 15) is 10.2 Å². The van der Waals surface area contributed by atoms with Crippen molar-refractivity contribution in [2.75, 3.05) is 39.5 Å². The van der Waals surface area contributed by atoms with Gasteiger partial charge in [-0.25, -0.2) is 0 Å². The van der Waals surface area contributed by atoms with Crippen LogP contribution in [0.15, 0.2) is 24.3 Å². The van der Waals surface area contributed by atoms with Crippen LogP contribution in [0.5, 0.6) is 5.75 Å². The summed E-state index contributed by atoms with van der Waals surface area (Å²) in [4.78, 5) is 2.03. The molecule has 1 saturated heterocycles. The summed E-state index contributed by atoms with van der Waals surface area (Å²) in [6.07, 6.45) is -0.613. The molecule has 1 aliphatic heterocycles. The van der Waals surface area contributed by atoms with Crippen LogP contribution in [-0.4, -0.2) is 66.8 Å². The molecule has 0 radical (unpaired) electrons. The summed E-state index contributed by atoms with van der Waals surface area (Å²) in [6.45, 7) is 2.54. The number of aliphatic hydroxyl groups is 2. The van der Waals surface area contributed by atoms with E-state index in [1.54, 1.807) is 24.3 Å². The first-order chi connectivity index (χ1) is 9.69. The summed E-state index contributed by atoms with van der Waals surface area (Å²) in [5, 5.41) is 19.9. The van der Waals surface area contributed by atoms with E-state index in [0.29, 0.717) is 37.1 Å². The van der Waals surface area contributed by atoms with Gasteiger partial charge in [-0.3, -0.25) is 4.90 Å². The van der Waals surface area contributed by atoms with Crippen molar-refractivity contribution >= 4 is 11.6 Å². The zero-order valence-electron chi connectivity index (χ0n) is 11.2. The van der Waals surface area contributed by atoms with Gasteiger partial charge >= 0.3 is 0 Å². The Balaban J connectivity index is 1.76. The minimum Gasteiger partial charge on any atom is -0.491 e. The summed E-state index contributed by atoms with van der Waals surface area (Å²) in [6, 6.07) is 6.97. The Bertz CT molecular complexity index is 401. The third-order valence-electron chi connectivity index (χ3n) is 3.26. The van der Waals surface area contributed by atoms with Crippen molar-refractivity contribution in [3.63, 3.8) is 0 Å². The highest BCUT2D eigenvalue weighted by Gasteiger charge is 2.24. The Morgan fingerprint density at radius 1 is 1.40 bits per heavy atom. The van der Waals surface area contributed by atoms with Crippen LogP contribution in [0.2, 0.25) is 5.02 Å². The lowest BCUT2D eigenvalue weighted by Crippen LogP contribution is -2.50. The molecule has 0 spiro atoms. The molecular formula is C14H20ClNO4. The molecule has 2 atom stereocenters. The molecule has 1 aromatic carbocycles. The average molecular weight is 302 g/mol. The molecule has 0 aliphatic carbocycles. The summed E-state index contributed by atoms with van der Waals surface area (Å²) in [5.74, 6) is 0.675. The second-order valence-corrected chi connectivity index (χ2v) is 5.26. The predicted octanol–water partition coefficient (Wildman–Crippen LogP) is 0.773. The van der Waals surface area contributed by atoms with E-state index in [4.69, 9.17) is 21.1 Å². The van der Waals surface area contributed by atoms with E-state index in [0.717, 1.165) is 0 Å². The third-order valence-corrected chi connectivity index (χ3v) is 3.51. The van der Waals surface area contributed by atoms with Gasteiger partial charge in [0.1, 0.15) is 18.5 Å². The normalized spacial score (nSPS) is 21.6. The molecule has 20 heavy (non-hydrogen) atoms. The van der Waals surface area contributed by atoms with Crippen LogP contribution in [0.4, 0.5) is 0 Å². The Hall–Kier alpha value is -0.850. The maximum Gasteiger partial charge on any atom is 0.119 e. The van der Waals surface area contributed by atoms with Crippen LogP contribution in [0.3, 0.4) is 0 Å². The number of halogens is 1. The van der Waals surface area contributed by atoms with Crippen molar-refractivity contribution in [1.29, 1.82) is 0 Å². The van der Waals surface area contributed by atoms with Crippen LogP contribution >= 0.6 is 11.6 Å². The van der Waals surface area contributed by atoms with Crippen LogP contribution in [-0.2, 0) is 4.74 Å². The number of morpholine rings is 1. The second-order valence-electron chi connectivity index (χ2n) is 4.82. The average Bonchev–Trinajstić information content (AvgIpc) is 2.47. The highest BCUT2D eigenvalue weighted by molar-refractivity contribution is 6.30. The molecule has 2 unspecified atom stereocenters. The lowest BCUT2D eigenvalue weighted by atomic mass is 10.2. The molecule has 1 aromatic rings. The number of nitrogens with zero attached hydrogens (tertiary/aromatic N) is 1. The van der Waals surface area contributed by atoms with E-state index in [1.165, 1.54) is 0 Å². The molecule has 1 fully saturated rings. The Kier molecular flexibility index (Phi) is 6.06. The number of ether oxygens (including phenoxy) is 2. The molecule has 0 bridgehead atoms. The van der Waals surface area contributed by atoms with Gasteiger partial charge in [-0.15, -0.1) is 0 Å². The molecule has 6 heteroatoms. The highest BCUT2D eigenvalue weighted by Crippen LogP contribution is 2.16. The van der Waals surface area contributed by atoms with Gasteiger partial charge in [0, 0.05) is 18.1 Å². The molecule has 1 aliphatic rings. The Labute approximate surface area is 123 Å². The Morgan fingerprint density at radius 2 is 2.15 bits per heavy atom. The van der Waals surface area contributed by atoms with Crippen molar-refractivity contribution in [2.45, 2.75) is 12.1 Å². The molecule has 0 amide bonds. The minimum absolute atomic E-state index is 0.0325. The maximum absolute atomic E-state index is 10.0. The van der Waals surface area contributed by atoms with E-state index in [1.807, 2.05) is 4.90 Å². The van der Waals surface area contributed by atoms with E-state index in [-0.39, 0.29) is 19.3 Å². The van der Waals surface area contributed by atoms with Gasteiger partial charge in [-0.2, -0.15) is 0 Å². The fourth-order valence-corrected chi connectivity index (χ4v) is 2.27. The number of hydrogen-bond acceptors (Lipinski definition) is 5. The number of hydrogen-bond donors (Lipinski definition) is 2. The number of aliphatic hydroxyl groups excluding tert-OH is 2. The lowest BCUT2D eigenvalue weighted by Gasteiger charge is -2.35. The van der Waals surface area contributed by atoms with Gasteiger partial charge in [0.25, 0.3) is 0 Å². The fraction of sp³-hybridized carbons (Fsp3) is 0.571. The summed E-state index contributed by atoms with van der Waals surface area (Å²) in [5.41, 5.74) is 0. The van der Waals surface area contributed by atoms with Crippen molar-refractivity contribution in [2.24, 2.45) is 0 Å². The fourth-order valence-electron chi connectivity index (χ4n) is 2.14. The van der Waals surface area contributed by atoms with Gasteiger partial charge in [-0.1, -0.05) is 11.6 Å². The summed E-state index contributed by atoms with van der Waals surface area (Å²) >= 11 is 5.79. The SMILES string of the molecule is OCC1COCCN1CC(O)COc1ccc(Cl)cc1. The van der Waals surface area contributed by atoms with Gasteiger partial charge in [0.05, 0.1) is 25.9 Å². The molecule has 1 heterocycles. The molecular weight excluding hydrogens is 282 g/mol. The van der Waals surface area contributed by atoms with E-state index in [2.05, 4.69) is 0 Å². The summed E-state index contributed by atoms with van der Waals surface area (Å²) in [7, 11) is 0.